The van der Waals surface area contributed by atoms with Gasteiger partial charge in [0.05, 0.1) is 5.75 Å². The molecule has 0 radical (unpaired) electrons. The maximum atomic E-state index is 12.5. The highest BCUT2D eigenvalue weighted by Gasteiger charge is 2.21. The number of carbonyl (C=O) groups is 1. The van der Waals surface area contributed by atoms with Gasteiger partial charge in [0.1, 0.15) is 5.82 Å². The fraction of sp³-hybridized carbons (Fsp3) is 0.526. The van der Waals surface area contributed by atoms with Crippen molar-refractivity contribution >= 4 is 17.7 Å². The second-order valence-corrected chi connectivity index (χ2v) is 7.66. The summed E-state index contributed by atoms with van der Waals surface area (Å²) in [4.78, 5) is 14.4. The second-order valence-electron chi connectivity index (χ2n) is 6.72. The molecule has 1 aromatic carbocycles. The minimum absolute atomic E-state index is 0.142. The molecule has 136 valence electrons. The maximum Gasteiger partial charge on any atom is 0.233 e. The van der Waals surface area contributed by atoms with Crippen LogP contribution in [-0.4, -0.2) is 43.4 Å². The van der Waals surface area contributed by atoms with E-state index in [1.807, 2.05) is 62.4 Å². The number of benzene rings is 1. The van der Waals surface area contributed by atoms with Crippen molar-refractivity contribution in [2.75, 3.05) is 5.75 Å². The maximum absolute atomic E-state index is 12.5. The van der Waals surface area contributed by atoms with Gasteiger partial charge in [-0.3, -0.25) is 4.79 Å². The van der Waals surface area contributed by atoms with Crippen molar-refractivity contribution in [3.05, 3.63) is 41.7 Å². The van der Waals surface area contributed by atoms with E-state index in [1.165, 1.54) is 17.3 Å². The van der Waals surface area contributed by atoms with Gasteiger partial charge in [-0.25, -0.2) is 0 Å². The Balaban J connectivity index is 1.93. The molecule has 5 nitrogen and oxygen atoms in total. The van der Waals surface area contributed by atoms with Crippen molar-refractivity contribution < 1.29 is 4.79 Å². The largest absolute Gasteiger partial charge is 0.337 e. The number of hydrogen-bond donors (Lipinski definition) is 0. The molecule has 1 aromatic heterocycles. The summed E-state index contributed by atoms with van der Waals surface area (Å²) in [5, 5.41) is 9.34. The van der Waals surface area contributed by atoms with E-state index in [1.54, 1.807) is 0 Å². The Hall–Kier alpha value is -1.82. The first-order chi connectivity index (χ1) is 11.9. The average Bonchev–Trinajstić information content (AvgIpc) is 2.91. The number of carbonyl (C=O) groups excluding carboxylic acids is 1. The molecule has 1 amide bonds. The van der Waals surface area contributed by atoms with Crippen LogP contribution in [0.15, 0.2) is 35.5 Å². The van der Waals surface area contributed by atoms with Gasteiger partial charge in [0.2, 0.25) is 5.91 Å². The van der Waals surface area contributed by atoms with Crippen LogP contribution in [0.1, 0.15) is 39.1 Å². The molecule has 6 heteroatoms. The lowest BCUT2D eigenvalue weighted by molar-refractivity contribution is -0.131. The number of rotatable bonds is 8. The number of aryl methyl sites for hydroxylation is 2. The monoisotopic (exact) mass is 360 g/mol. The van der Waals surface area contributed by atoms with Gasteiger partial charge < -0.3 is 9.47 Å². The summed E-state index contributed by atoms with van der Waals surface area (Å²) in [6.45, 7) is 8.19. The van der Waals surface area contributed by atoms with E-state index in [4.69, 9.17) is 0 Å². The van der Waals surface area contributed by atoms with Crippen LogP contribution in [0, 0.1) is 0 Å². The topological polar surface area (TPSA) is 51.0 Å². The lowest BCUT2D eigenvalue weighted by Crippen LogP contribution is -2.43. The molecule has 2 aromatic rings. The highest BCUT2D eigenvalue weighted by Crippen LogP contribution is 2.18. The molecule has 25 heavy (non-hydrogen) atoms. The number of amides is 1. The predicted molar refractivity (Wildman–Crippen MR) is 103 cm³/mol. The summed E-state index contributed by atoms with van der Waals surface area (Å²) in [6, 6.07) is 10.8. The van der Waals surface area contributed by atoms with E-state index >= 15 is 0 Å². The average molecular weight is 361 g/mol. The molecular formula is C19H28N4OS. The van der Waals surface area contributed by atoms with Gasteiger partial charge in [-0.15, -0.1) is 10.2 Å². The zero-order chi connectivity index (χ0) is 18.4. The van der Waals surface area contributed by atoms with Gasteiger partial charge in [0.15, 0.2) is 5.16 Å². The number of thioether (sulfide) groups is 1. The molecule has 0 saturated carbocycles. The van der Waals surface area contributed by atoms with E-state index in [-0.39, 0.29) is 18.0 Å². The van der Waals surface area contributed by atoms with Crippen LogP contribution < -0.4 is 0 Å². The Kier molecular flexibility index (Phi) is 7.05. The third-order valence-corrected chi connectivity index (χ3v) is 5.14. The first-order valence-corrected chi connectivity index (χ1v) is 9.74. The van der Waals surface area contributed by atoms with Crippen LogP contribution >= 0.6 is 11.8 Å². The second kappa shape index (κ2) is 9.04. The number of hydrogen-bond acceptors (Lipinski definition) is 4. The molecular weight excluding hydrogens is 332 g/mol. The molecule has 0 unspecified atom stereocenters. The summed E-state index contributed by atoms with van der Waals surface area (Å²) in [6.07, 6.45) is 1.77. The highest BCUT2D eigenvalue weighted by atomic mass is 32.2. The lowest BCUT2D eigenvalue weighted by atomic mass is 10.1. The molecule has 0 saturated heterocycles. The first-order valence-electron chi connectivity index (χ1n) is 8.76. The van der Waals surface area contributed by atoms with Crippen molar-refractivity contribution in [3.8, 4) is 0 Å². The molecule has 0 aliphatic heterocycles. The molecule has 0 aliphatic carbocycles. The first kappa shape index (κ1) is 19.5. The molecule has 0 bridgehead atoms. The van der Waals surface area contributed by atoms with Crippen molar-refractivity contribution in [1.82, 2.24) is 19.7 Å². The van der Waals surface area contributed by atoms with Gasteiger partial charge >= 0.3 is 0 Å². The molecule has 0 N–H and O–H groups in total. The van der Waals surface area contributed by atoms with E-state index in [2.05, 4.69) is 22.3 Å². The zero-order valence-electron chi connectivity index (χ0n) is 15.8. The van der Waals surface area contributed by atoms with Crippen molar-refractivity contribution in [1.29, 1.82) is 0 Å². The molecule has 0 fully saturated rings. The standard InChI is InChI=1S/C19H28N4OS/c1-14(2)23(15(3)4)18(24)13-25-19-21-20-17(22(19)5)12-11-16-9-7-6-8-10-16/h6-10,14-15H,11-13H2,1-5H3. The summed E-state index contributed by atoms with van der Waals surface area (Å²) >= 11 is 1.46. The Morgan fingerprint density at radius 2 is 1.72 bits per heavy atom. The predicted octanol–water partition coefficient (Wildman–Crippen LogP) is 3.34. The quantitative estimate of drug-likeness (QED) is 0.678. The summed E-state index contributed by atoms with van der Waals surface area (Å²) < 4.78 is 2.00. The lowest BCUT2D eigenvalue weighted by Gasteiger charge is -2.30. The minimum atomic E-state index is 0.142. The van der Waals surface area contributed by atoms with Gasteiger partial charge in [0, 0.05) is 25.6 Å². The molecule has 1 heterocycles. The Bertz CT molecular complexity index is 674. The smallest absolute Gasteiger partial charge is 0.233 e. The summed E-state index contributed by atoms with van der Waals surface area (Å²) in [5.41, 5.74) is 1.29. The van der Waals surface area contributed by atoms with E-state index in [9.17, 15) is 4.79 Å². The SMILES string of the molecule is CC(C)N(C(=O)CSc1nnc(CCc2ccccc2)n1C)C(C)C. The molecule has 0 aliphatic rings. The molecule has 0 spiro atoms. The summed E-state index contributed by atoms with van der Waals surface area (Å²) in [7, 11) is 1.97. The van der Waals surface area contributed by atoms with Crippen LogP contribution in [0.25, 0.3) is 0 Å². The zero-order valence-corrected chi connectivity index (χ0v) is 16.6. The molecule has 2 rings (SSSR count). The Morgan fingerprint density at radius 3 is 2.32 bits per heavy atom. The highest BCUT2D eigenvalue weighted by molar-refractivity contribution is 7.99. The summed E-state index contributed by atoms with van der Waals surface area (Å²) in [5.74, 6) is 1.48. The van der Waals surface area contributed by atoms with E-state index in [0.29, 0.717) is 5.75 Å². The van der Waals surface area contributed by atoms with Crippen LogP contribution in [0.5, 0.6) is 0 Å². The van der Waals surface area contributed by atoms with Crippen molar-refractivity contribution in [2.45, 2.75) is 57.8 Å². The van der Waals surface area contributed by atoms with Crippen LogP contribution in [-0.2, 0) is 24.7 Å². The normalized spacial score (nSPS) is 11.3. The third kappa shape index (κ3) is 5.33. The van der Waals surface area contributed by atoms with Crippen LogP contribution in [0.3, 0.4) is 0 Å². The van der Waals surface area contributed by atoms with E-state index < -0.39 is 0 Å². The Morgan fingerprint density at radius 1 is 1.08 bits per heavy atom. The van der Waals surface area contributed by atoms with Gasteiger partial charge in [-0.1, -0.05) is 42.1 Å². The van der Waals surface area contributed by atoms with E-state index in [0.717, 1.165) is 23.8 Å². The Labute approximate surface area is 154 Å². The number of nitrogens with zero attached hydrogens (tertiary/aromatic N) is 4. The minimum Gasteiger partial charge on any atom is -0.337 e. The number of aromatic nitrogens is 3. The fourth-order valence-corrected chi connectivity index (χ4v) is 3.76. The third-order valence-electron chi connectivity index (χ3n) is 4.13. The fourth-order valence-electron chi connectivity index (χ4n) is 2.96. The van der Waals surface area contributed by atoms with Crippen molar-refractivity contribution in [3.63, 3.8) is 0 Å². The van der Waals surface area contributed by atoms with Gasteiger partial charge in [-0.05, 0) is 39.7 Å². The van der Waals surface area contributed by atoms with Gasteiger partial charge in [-0.2, -0.15) is 0 Å². The van der Waals surface area contributed by atoms with Crippen molar-refractivity contribution in [2.24, 2.45) is 7.05 Å². The van der Waals surface area contributed by atoms with Gasteiger partial charge in [0.25, 0.3) is 0 Å². The van der Waals surface area contributed by atoms with Crippen LogP contribution in [0.2, 0.25) is 0 Å². The molecule has 0 atom stereocenters. The van der Waals surface area contributed by atoms with Crippen LogP contribution in [0.4, 0.5) is 0 Å².